The van der Waals surface area contributed by atoms with Crippen molar-refractivity contribution in [2.24, 2.45) is 0 Å². The van der Waals surface area contributed by atoms with Crippen LogP contribution in [0.2, 0.25) is 5.02 Å². The van der Waals surface area contributed by atoms with Crippen molar-refractivity contribution in [3.8, 4) is 0 Å². The summed E-state index contributed by atoms with van der Waals surface area (Å²) in [4.78, 5) is 24.1. The van der Waals surface area contributed by atoms with E-state index in [9.17, 15) is 9.59 Å². The summed E-state index contributed by atoms with van der Waals surface area (Å²) in [6, 6.07) is 7.24. The third kappa shape index (κ3) is 2.00. The predicted molar refractivity (Wildman–Crippen MR) is 74.1 cm³/mol. The Morgan fingerprint density at radius 2 is 2.10 bits per heavy atom. The SMILES string of the molecule is CC1(C)OC(=O)C2=C1NC(=O)C[C@@H]2c1cccc(Cl)c1. The minimum Gasteiger partial charge on any atom is -0.450 e. The highest BCUT2D eigenvalue weighted by molar-refractivity contribution is 6.30. The molecule has 2 aliphatic heterocycles. The molecule has 1 N–H and O–H groups in total. The normalized spacial score (nSPS) is 24.2. The van der Waals surface area contributed by atoms with E-state index in [2.05, 4.69) is 5.32 Å². The summed E-state index contributed by atoms with van der Waals surface area (Å²) in [7, 11) is 0. The average Bonchev–Trinajstić information content (AvgIpc) is 2.59. The Bertz CT molecular complexity index is 648. The van der Waals surface area contributed by atoms with E-state index in [-0.39, 0.29) is 24.2 Å². The first kappa shape index (κ1) is 13.2. The van der Waals surface area contributed by atoms with Gasteiger partial charge in [-0.1, -0.05) is 23.7 Å². The highest BCUT2D eigenvalue weighted by atomic mass is 35.5. The van der Waals surface area contributed by atoms with Gasteiger partial charge in [0.1, 0.15) is 5.60 Å². The number of carbonyl (C=O) groups excluding carboxylic acids is 2. The van der Waals surface area contributed by atoms with Crippen molar-refractivity contribution in [1.82, 2.24) is 5.32 Å². The van der Waals surface area contributed by atoms with E-state index >= 15 is 0 Å². The van der Waals surface area contributed by atoms with Crippen LogP contribution in [0, 0.1) is 0 Å². The van der Waals surface area contributed by atoms with Crippen LogP contribution in [0.4, 0.5) is 0 Å². The summed E-state index contributed by atoms with van der Waals surface area (Å²) >= 11 is 6.00. The molecule has 0 aliphatic carbocycles. The van der Waals surface area contributed by atoms with Gasteiger partial charge in [0.05, 0.1) is 11.3 Å². The van der Waals surface area contributed by atoms with Crippen LogP contribution in [0.1, 0.15) is 31.7 Å². The number of hydrogen-bond donors (Lipinski definition) is 1. The summed E-state index contributed by atoms with van der Waals surface area (Å²) in [5.74, 6) is -0.776. The zero-order valence-electron chi connectivity index (χ0n) is 11.2. The second-order valence-electron chi connectivity index (χ2n) is 5.55. The molecule has 104 valence electrons. The van der Waals surface area contributed by atoms with Crippen LogP contribution in [-0.4, -0.2) is 17.5 Å². The van der Waals surface area contributed by atoms with E-state index < -0.39 is 5.60 Å². The molecular weight excluding hydrogens is 278 g/mol. The summed E-state index contributed by atoms with van der Waals surface area (Å²) in [6.45, 7) is 3.54. The van der Waals surface area contributed by atoms with Gasteiger partial charge in [-0.3, -0.25) is 4.79 Å². The highest BCUT2D eigenvalue weighted by Crippen LogP contribution is 2.42. The van der Waals surface area contributed by atoms with Crippen molar-refractivity contribution < 1.29 is 14.3 Å². The molecule has 0 saturated heterocycles. The maximum absolute atomic E-state index is 12.1. The molecule has 0 bridgehead atoms. The number of rotatable bonds is 1. The number of carbonyl (C=O) groups is 2. The van der Waals surface area contributed by atoms with E-state index in [0.29, 0.717) is 16.3 Å². The van der Waals surface area contributed by atoms with Crippen LogP contribution in [0.3, 0.4) is 0 Å². The fraction of sp³-hybridized carbons (Fsp3) is 0.333. The number of nitrogens with one attached hydrogen (secondary N) is 1. The van der Waals surface area contributed by atoms with Crippen LogP contribution in [0.15, 0.2) is 35.5 Å². The topological polar surface area (TPSA) is 55.4 Å². The van der Waals surface area contributed by atoms with Gasteiger partial charge in [0, 0.05) is 17.4 Å². The lowest BCUT2D eigenvalue weighted by Gasteiger charge is -2.27. The Kier molecular flexibility index (Phi) is 2.87. The average molecular weight is 292 g/mol. The molecule has 1 atom stereocenters. The van der Waals surface area contributed by atoms with Gasteiger partial charge in [-0.2, -0.15) is 0 Å². The van der Waals surface area contributed by atoms with Crippen LogP contribution in [0.5, 0.6) is 0 Å². The maximum Gasteiger partial charge on any atom is 0.337 e. The first-order valence-electron chi connectivity index (χ1n) is 6.42. The van der Waals surface area contributed by atoms with Gasteiger partial charge in [0.2, 0.25) is 5.91 Å². The van der Waals surface area contributed by atoms with Crippen molar-refractivity contribution in [3.63, 3.8) is 0 Å². The fourth-order valence-corrected chi connectivity index (χ4v) is 2.98. The lowest BCUT2D eigenvalue weighted by Crippen LogP contribution is -2.38. The minimum absolute atomic E-state index is 0.111. The zero-order valence-corrected chi connectivity index (χ0v) is 12.0. The fourth-order valence-electron chi connectivity index (χ4n) is 2.78. The van der Waals surface area contributed by atoms with Gasteiger partial charge < -0.3 is 10.1 Å². The van der Waals surface area contributed by atoms with Crippen LogP contribution >= 0.6 is 11.6 Å². The molecule has 0 unspecified atom stereocenters. The Balaban J connectivity index is 2.13. The molecule has 4 nitrogen and oxygen atoms in total. The van der Waals surface area contributed by atoms with Crippen molar-refractivity contribution in [2.75, 3.05) is 0 Å². The van der Waals surface area contributed by atoms with E-state index in [1.54, 1.807) is 26.0 Å². The number of hydrogen-bond acceptors (Lipinski definition) is 3. The lowest BCUT2D eigenvalue weighted by molar-refractivity contribution is -0.144. The van der Waals surface area contributed by atoms with E-state index in [1.807, 2.05) is 12.1 Å². The second-order valence-corrected chi connectivity index (χ2v) is 5.98. The standard InChI is InChI=1S/C15H14ClNO3/c1-15(2)13-12(14(19)20-15)10(7-11(18)17-13)8-4-3-5-9(16)6-8/h3-6,10H,7H2,1-2H3,(H,17,18)/t10-/m1/s1. The van der Waals surface area contributed by atoms with Gasteiger partial charge in [-0.05, 0) is 31.5 Å². The molecule has 20 heavy (non-hydrogen) atoms. The van der Waals surface area contributed by atoms with Crippen molar-refractivity contribution >= 4 is 23.5 Å². The van der Waals surface area contributed by atoms with Crippen LogP contribution in [-0.2, 0) is 14.3 Å². The van der Waals surface area contributed by atoms with Gasteiger partial charge in [0.15, 0.2) is 0 Å². The Morgan fingerprint density at radius 1 is 1.35 bits per heavy atom. The summed E-state index contributed by atoms with van der Waals surface area (Å²) in [5.41, 5.74) is 1.18. The highest BCUT2D eigenvalue weighted by Gasteiger charge is 2.47. The molecule has 0 spiro atoms. The molecular formula is C15H14ClNO3. The second kappa shape index (κ2) is 4.35. The molecule has 0 aromatic heterocycles. The molecule has 0 radical (unpaired) electrons. The number of halogens is 1. The van der Waals surface area contributed by atoms with Gasteiger partial charge >= 0.3 is 5.97 Å². The Labute approximate surface area is 121 Å². The van der Waals surface area contributed by atoms with E-state index in [1.165, 1.54) is 0 Å². The van der Waals surface area contributed by atoms with E-state index in [4.69, 9.17) is 16.3 Å². The molecule has 1 aromatic carbocycles. The zero-order chi connectivity index (χ0) is 14.5. The van der Waals surface area contributed by atoms with Gasteiger partial charge in [-0.25, -0.2) is 4.79 Å². The first-order chi connectivity index (χ1) is 9.38. The number of benzene rings is 1. The number of ether oxygens (including phenoxy) is 1. The third-order valence-corrected chi connectivity index (χ3v) is 3.93. The predicted octanol–water partition coefficient (Wildman–Crippen LogP) is 2.53. The molecule has 2 heterocycles. The maximum atomic E-state index is 12.1. The molecule has 3 rings (SSSR count). The van der Waals surface area contributed by atoms with Gasteiger partial charge in [-0.15, -0.1) is 0 Å². The van der Waals surface area contributed by atoms with Crippen LogP contribution in [0.25, 0.3) is 0 Å². The van der Waals surface area contributed by atoms with E-state index in [0.717, 1.165) is 5.56 Å². The largest absolute Gasteiger partial charge is 0.450 e. The number of amides is 1. The molecule has 2 aliphatic rings. The smallest absolute Gasteiger partial charge is 0.337 e. The summed E-state index contributed by atoms with van der Waals surface area (Å²) in [5, 5.41) is 3.36. The third-order valence-electron chi connectivity index (χ3n) is 3.69. The lowest BCUT2D eigenvalue weighted by atomic mass is 9.83. The first-order valence-corrected chi connectivity index (χ1v) is 6.79. The summed E-state index contributed by atoms with van der Waals surface area (Å²) in [6.07, 6.45) is 0.227. The molecule has 1 aromatic rings. The molecule has 5 heteroatoms. The number of cyclic esters (lactones) is 1. The molecule has 0 saturated carbocycles. The Hall–Kier alpha value is -1.81. The van der Waals surface area contributed by atoms with Crippen molar-refractivity contribution in [2.45, 2.75) is 31.8 Å². The molecule has 0 fully saturated rings. The Morgan fingerprint density at radius 3 is 2.80 bits per heavy atom. The minimum atomic E-state index is -0.792. The van der Waals surface area contributed by atoms with Crippen molar-refractivity contribution in [1.29, 1.82) is 0 Å². The van der Waals surface area contributed by atoms with Crippen LogP contribution < -0.4 is 5.32 Å². The summed E-state index contributed by atoms with van der Waals surface area (Å²) < 4.78 is 5.37. The quantitative estimate of drug-likeness (QED) is 0.809. The van der Waals surface area contributed by atoms with Gasteiger partial charge in [0.25, 0.3) is 0 Å². The number of esters is 1. The van der Waals surface area contributed by atoms with Crippen molar-refractivity contribution in [3.05, 3.63) is 46.1 Å². The monoisotopic (exact) mass is 291 g/mol. The molecule has 1 amide bonds.